The Bertz CT molecular complexity index is 699. The van der Waals surface area contributed by atoms with Gasteiger partial charge in [-0.25, -0.2) is 17.6 Å². The number of carbonyl (C=O) groups excluding carboxylic acids is 2. The Labute approximate surface area is 141 Å². The molecule has 2 saturated heterocycles. The van der Waals surface area contributed by atoms with E-state index in [9.17, 15) is 27.2 Å². The van der Waals surface area contributed by atoms with Crippen molar-refractivity contribution in [1.29, 1.82) is 0 Å². The van der Waals surface area contributed by atoms with E-state index in [1.807, 2.05) is 0 Å². The van der Waals surface area contributed by atoms with Gasteiger partial charge in [-0.2, -0.15) is 0 Å². The lowest BCUT2D eigenvalue weighted by Gasteiger charge is -2.35. The molecule has 0 spiro atoms. The molecule has 25 heavy (non-hydrogen) atoms. The SMILES string of the molecule is O=C(c1cc(F)c(F)c(F)c1F)N1CCN(C(=O)[C@@H]2CCCO2)CC1. The minimum absolute atomic E-state index is 0.0807. The summed E-state index contributed by atoms with van der Waals surface area (Å²) in [6.45, 7) is 1.11. The van der Waals surface area contributed by atoms with Crippen LogP contribution in [0.2, 0.25) is 0 Å². The summed E-state index contributed by atoms with van der Waals surface area (Å²) < 4.78 is 58.6. The number of hydrogen-bond donors (Lipinski definition) is 0. The Morgan fingerprint density at radius 3 is 2.20 bits per heavy atom. The molecule has 5 nitrogen and oxygen atoms in total. The highest BCUT2D eigenvalue weighted by molar-refractivity contribution is 5.94. The fourth-order valence-electron chi connectivity index (χ4n) is 3.00. The largest absolute Gasteiger partial charge is 0.368 e. The molecule has 2 heterocycles. The third-order valence-corrected chi connectivity index (χ3v) is 4.42. The van der Waals surface area contributed by atoms with E-state index in [4.69, 9.17) is 4.74 Å². The number of amides is 2. The number of hydrogen-bond acceptors (Lipinski definition) is 3. The smallest absolute Gasteiger partial charge is 0.257 e. The van der Waals surface area contributed by atoms with Crippen LogP contribution in [0.4, 0.5) is 17.6 Å². The Hall–Kier alpha value is -2.16. The van der Waals surface area contributed by atoms with Gasteiger partial charge < -0.3 is 14.5 Å². The van der Waals surface area contributed by atoms with Crippen molar-refractivity contribution in [3.63, 3.8) is 0 Å². The molecule has 136 valence electrons. The topological polar surface area (TPSA) is 49.9 Å². The van der Waals surface area contributed by atoms with Crippen molar-refractivity contribution in [3.8, 4) is 0 Å². The van der Waals surface area contributed by atoms with E-state index in [2.05, 4.69) is 0 Å². The zero-order valence-corrected chi connectivity index (χ0v) is 13.2. The third-order valence-electron chi connectivity index (χ3n) is 4.42. The first-order valence-corrected chi connectivity index (χ1v) is 7.92. The number of piperazine rings is 1. The van der Waals surface area contributed by atoms with Crippen LogP contribution < -0.4 is 0 Å². The zero-order valence-electron chi connectivity index (χ0n) is 13.2. The maximum atomic E-state index is 13.7. The number of ether oxygens (including phenoxy) is 1. The van der Waals surface area contributed by atoms with Crippen LogP contribution in [-0.2, 0) is 9.53 Å². The molecule has 2 aliphatic heterocycles. The van der Waals surface area contributed by atoms with Crippen LogP contribution in [0.25, 0.3) is 0 Å². The highest BCUT2D eigenvalue weighted by atomic mass is 19.2. The summed E-state index contributed by atoms with van der Waals surface area (Å²) in [5.41, 5.74) is -0.865. The fourth-order valence-corrected chi connectivity index (χ4v) is 3.00. The molecule has 0 bridgehead atoms. The molecule has 3 rings (SSSR count). The monoisotopic (exact) mass is 360 g/mol. The van der Waals surface area contributed by atoms with Gasteiger partial charge in [-0.1, -0.05) is 0 Å². The molecule has 0 saturated carbocycles. The number of nitrogens with zero attached hydrogens (tertiary/aromatic N) is 2. The van der Waals surface area contributed by atoms with E-state index in [0.29, 0.717) is 19.1 Å². The normalized spacial score (nSPS) is 20.9. The predicted octanol–water partition coefficient (Wildman–Crippen LogP) is 1.71. The summed E-state index contributed by atoms with van der Waals surface area (Å²) in [5.74, 6) is -8.43. The van der Waals surface area contributed by atoms with Crippen LogP contribution in [0.5, 0.6) is 0 Å². The Kier molecular flexibility index (Phi) is 4.94. The highest BCUT2D eigenvalue weighted by Crippen LogP contribution is 2.21. The predicted molar refractivity (Wildman–Crippen MR) is 77.7 cm³/mol. The van der Waals surface area contributed by atoms with Crippen LogP contribution in [-0.4, -0.2) is 60.5 Å². The van der Waals surface area contributed by atoms with Crippen molar-refractivity contribution in [1.82, 2.24) is 9.80 Å². The molecular formula is C16H16F4N2O3. The summed E-state index contributed by atoms with van der Waals surface area (Å²) in [4.78, 5) is 27.2. The second-order valence-electron chi connectivity index (χ2n) is 5.97. The van der Waals surface area contributed by atoms with Gasteiger partial charge in [0.2, 0.25) is 0 Å². The first kappa shape index (κ1) is 17.7. The average molecular weight is 360 g/mol. The van der Waals surface area contributed by atoms with Gasteiger partial charge in [0.05, 0.1) is 5.56 Å². The minimum Gasteiger partial charge on any atom is -0.368 e. The Morgan fingerprint density at radius 1 is 0.960 bits per heavy atom. The van der Waals surface area contributed by atoms with E-state index >= 15 is 0 Å². The molecule has 0 radical (unpaired) electrons. The van der Waals surface area contributed by atoms with Gasteiger partial charge in [0.25, 0.3) is 11.8 Å². The molecule has 0 aromatic heterocycles. The van der Waals surface area contributed by atoms with Gasteiger partial charge in [-0.3, -0.25) is 9.59 Å². The number of rotatable bonds is 2. The molecule has 0 unspecified atom stereocenters. The van der Waals surface area contributed by atoms with E-state index < -0.39 is 40.8 Å². The lowest BCUT2D eigenvalue weighted by atomic mass is 10.1. The van der Waals surface area contributed by atoms with Crippen LogP contribution in [0.1, 0.15) is 23.2 Å². The molecule has 9 heteroatoms. The first-order chi connectivity index (χ1) is 11.9. The highest BCUT2D eigenvalue weighted by Gasteiger charge is 2.33. The van der Waals surface area contributed by atoms with Crippen LogP contribution in [0.15, 0.2) is 6.07 Å². The zero-order chi connectivity index (χ0) is 18.1. The summed E-state index contributed by atoms with van der Waals surface area (Å²) in [5, 5.41) is 0. The molecule has 1 aromatic carbocycles. The van der Waals surface area contributed by atoms with E-state index in [1.54, 1.807) is 4.90 Å². The van der Waals surface area contributed by atoms with Crippen LogP contribution in [0.3, 0.4) is 0 Å². The maximum absolute atomic E-state index is 13.7. The van der Waals surface area contributed by atoms with Gasteiger partial charge in [0, 0.05) is 32.8 Å². The van der Waals surface area contributed by atoms with Crippen molar-refractivity contribution >= 4 is 11.8 Å². The Balaban J connectivity index is 1.67. The fraction of sp³-hybridized carbons (Fsp3) is 0.500. The number of halogens is 4. The van der Waals surface area contributed by atoms with Gasteiger partial charge in [0.1, 0.15) is 6.10 Å². The lowest BCUT2D eigenvalue weighted by molar-refractivity contribution is -0.142. The van der Waals surface area contributed by atoms with Gasteiger partial charge >= 0.3 is 0 Å². The molecule has 0 N–H and O–H groups in total. The standard InChI is InChI=1S/C16H16F4N2O3/c17-10-8-9(12(18)14(20)13(10)19)15(23)21-3-5-22(6-4-21)16(24)11-2-1-7-25-11/h8,11H,1-7H2/t11-/m0/s1. The molecule has 0 aliphatic carbocycles. The van der Waals surface area contributed by atoms with E-state index in [-0.39, 0.29) is 32.1 Å². The van der Waals surface area contributed by atoms with Crippen LogP contribution >= 0.6 is 0 Å². The van der Waals surface area contributed by atoms with Crippen molar-refractivity contribution < 1.29 is 31.9 Å². The molecule has 1 aromatic rings. The Morgan fingerprint density at radius 2 is 1.60 bits per heavy atom. The quantitative estimate of drug-likeness (QED) is 0.458. The average Bonchev–Trinajstić information content (AvgIpc) is 3.16. The van der Waals surface area contributed by atoms with Crippen molar-refractivity contribution in [2.24, 2.45) is 0 Å². The van der Waals surface area contributed by atoms with Crippen molar-refractivity contribution in [2.75, 3.05) is 32.8 Å². The second-order valence-corrected chi connectivity index (χ2v) is 5.97. The molecule has 2 fully saturated rings. The molecular weight excluding hydrogens is 344 g/mol. The second kappa shape index (κ2) is 6.99. The summed E-state index contributed by atoms with van der Waals surface area (Å²) in [6, 6.07) is 0.347. The summed E-state index contributed by atoms with van der Waals surface area (Å²) in [6.07, 6.45) is 0.993. The van der Waals surface area contributed by atoms with E-state index in [0.717, 1.165) is 6.42 Å². The van der Waals surface area contributed by atoms with Gasteiger partial charge in [-0.05, 0) is 18.9 Å². The number of carbonyl (C=O) groups is 2. The molecule has 1 atom stereocenters. The maximum Gasteiger partial charge on any atom is 0.257 e. The van der Waals surface area contributed by atoms with Crippen LogP contribution in [0, 0.1) is 23.3 Å². The van der Waals surface area contributed by atoms with Gasteiger partial charge in [0.15, 0.2) is 23.3 Å². The van der Waals surface area contributed by atoms with Crippen molar-refractivity contribution in [3.05, 3.63) is 34.9 Å². The van der Waals surface area contributed by atoms with E-state index in [1.165, 1.54) is 4.90 Å². The number of benzene rings is 1. The summed E-state index contributed by atoms with van der Waals surface area (Å²) in [7, 11) is 0. The first-order valence-electron chi connectivity index (χ1n) is 7.92. The molecule has 2 aliphatic rings. The van der Waals surface area contributed by atoms with Crippen molar-refractivity contribution in [2.45, 2.75) is 18.9 Å². The van der Waals surface area contributed by atoms with Gasteiger partial charge in [-0.15, -0.1) is 0 Å². The molecule has 2 amide bonds. The minimum atomic E-state index is -2.02. The third kappa shape index (κ3) is 3.33. The summed E-state index contributed by atoms with van der Waals surface area (Å²) >= 11 is 0. The lowest BCUT2D eigenvalue weighted by Crippen LogP contribution is -2.53.